The van der Waals surface area contributed by atoms with Gasteiger partial charge in [0.15, 0.2) is 0 Å². The second-order valence-electron chi connectivity index (χ2n) is 7.16. The van der Waals surface area contributed by atoms with Crippen LogP contribution in [0.15, 0.2) is 60.1 Å². The van der Waals surface area contributed by atoms with Crippen molar-refractivity contribution in [1.29, 1.82) is 0 Å². The molecule has 0 saturated heterocycles. The van der Waals surface area contributed by atoms with E-state index >= 15 is 0 Å². The molecule has 5 heteroatoms. The summed E-state index contributed by atoms with van der Waals surface area (Å²) in [6.45, 7) is 0. The highest BCUT2D eigenvalue weighted by Crippen LogP contribution is 2.33. The molecule has 0 spiro atoms. The third-order valence-corrected chi connectivity index (χ3v) is 4.99. The molecule has 5 nitrogen and oxygen atoms in total. The molecular weight excluding hydrogens is 356 g/mol. The highest BCUT2D eigenvalue weighted by atomic mass is 16.4. The second kappa shape index (κ2) is 11.3. The summed E-state index contributed by atoms with van der Waals surface area (Å²) in [7, 11) is 0. The first kappa shape index (κ1) is 21.7. The molecule has 150 valence electrons. The van der Waals surface area contributed by atoms with E-state index in [4.69, 9.17) is 5.11 Å². The Kier molecular flexibility index (Phi) is 8.73. The molecule has 2 rings (SSSR count). The van der Waals surface area contributed by atoms with Gasteiger partial charge in [-0.2, -0.15) is 0 Å². The van der Waals surface area contributed by atoms with Gasteiger partial charge in [-0.05, 0) is 37.3 Å². The Morgan fingerprint density at radius 2 is 1.89 bits per heavy atom. The van der Waals surface area contributed by atoms with Gasteiger partial charge in [-0.15, -0.1) is 0 Å². The largest absolute Gasteiger partial charge is 0.505 e. The number of carboxylic acid groups (broad SMARTS) is 1. The number of unbranched alkanes of at least 4 members (excludes halogenated alkanes) is 1. The number of aliphatic carboxylic acids is 1. The van der Waals surface area contributed by atoms with Crippen LogP contribution in [0, 0.1) is 11.8 Å². The molecule has 0 radical (unpaired) electrons. The molecule has 0 aromatic heterocycles. The smallest absolute Gasteiger partial charge is 0.303 e. The number of carboxylic acids is 1. The maximum Gasteiger partial charge on any atom is 0.303 e. The number of aryl methyl sites for hydroxylation is 1. The first-order valence-corrected chi connectivity index (χ1v) is 9.73. The van der Waals surface area contributed by atoms with Crippen molar-refractivity contribution < 1.29 is 24.9 Å². The summed E-state index contributed by atoms with van der Waals surface area (Å²) < 4.78 is 0. The number of hydrogen-bond acceptors (Lipinski definition) is 4. The predicted molar refractivity (Wildman–Crippen MR) is 107 cm³/mol. The lowest BCUT2D eigenvalue weighted by atomic mass is 9.91. The maximum absolute atomic E-state index is 12.2. The number of aliphatic hydroxyl groups excluding tert-OH is 2. The van der Waals surface area contributed by atoms with Gasteiger partial charge in [0.2, 0.25) is 0 Å². The van der Waals surface area contributed by atoms with E-state index < -0.39 is 12.1 Å². The molecule has 3 N–H and O–H groups in total. The van der Waals surface area contributed by atoms with Crippen molar-refractivity contribution in [3.63, 3.8) is 0 Å². The summed E-state index contributed by atoms with van der Waals surface area (Å²) >= 11 is 0. The van der Waals surface area contributed by atoms with E-state index in [1.54, 1.807) is 6.08 Å². The normalized spacial score (nSPS) is 21.6. The Balaban J connectivity index is 1.90. The molecule has 3 atom stereocenters. The minimum atomic E-state index is -0.813. The SMILES string of the molecule is O=C(O)CCCC=CC[C@@H]1C(=O)CC(O)[C@@H]1C=C=C(O)CCc1ccccc1. The zero-order chi connectivity index (χ0) is 20.4. The summed E-state index contributed by atoms with van der Waals surface area (Å²) in [4.78, 5) is 22.7. The van der Waals surface area contributed by atoms with Crippen molar-refractivity contribution in [2.75, 3.05) is 0 Å². The van der Waals surface area contributed by atoms with Crippen LogP contribution < -0.4 is 0 Å². The Morgan fingerprint density at radius 1 is 1.14 bits per heavy atom. The van der Waals surface area contributed by atoms with Crippen LogP contribution in [0.5, 0.6) is 0 Å². The number of rotatable bonds is 10. The van der Waals surface area contributed by atoms with E-state index in [1.165, 1.54) is 0 Å². The van der Waals surface area contributed by atoms with Gasteiger partial charge < -0.3 is 15.3 Å². The second-order valence-corrected chi connectivity index (χ2v) is 7.16. The summed E-state index contributed by atoms with van der Waals surface area (Å²) in [5, 5.41) is 28.9. The molecule has 0 amide bonds. The van der Waals surface area contributed by atoms with Crippen molar-refractivity contribution in [3.8, 4) is 0 Å². The molecular formula is C23H28O5. The van der Waals surface area contributed by atoms with Crippen LogP contribution in [-0.2, 0) is 16.0 Å². The molecule has 1 unspecified atom stereocenters. The monoisotopic (exact) mass is 384 g/mol. The van der Waals surface area contributed by atoms with Crippen molar-refractivity contribution in [1.82, 2.24) is 0 Å². The van der Waals surface area contributed by atoms with E-state index in [0.29, 0.717) is 32.1 Å². The van der Waals surface area contributed by atoms with Crippen molar-refractivity contribution in [2.45, 2.75) is 51.0 Å². The Hall–Kier alpha value is -2.62. The van der Waals surface area contributed by atoms with E-state index in [0.717, 1.165) is 5.56 Å². The highest BCUT2D eigenvalue weighted by molar-refractivity contribution is 5.84. The van der Waals surface area contributed by atoms with Crippen LogP contribution in [0.25, 0.3) is 0 Å². The number of allylic oxidation sites excluding steroid dienone is 2. The number of ketones is 1. The van der Waals surface area contributed by atoms with E-state index in [1.807, 2.05) is 42.5 Å². The average molecular weight is 384 g/mol. The lowest BCUT2D eigenvalue weighted by Gasteiger charge is -2.14. The number of carbonyl (C=O) groups is 2. The number of aliphatic hydroxyl groups is 2. The predicted octanol–water partition coefficient (Wildman–Crippen LogP) is 3.98. The van der Waals surface area contributed by atoms with E-state index in [9.17, 15) is 19.8 Å². The minimum Gasteiger partial charge on any atom is -0.505 e. The fourth-order valence-corrected chi connectivity index (χ4v) is 3.40. The molecule has 1 saturated carbocycles. The molecule has 1 aromatic carbocycles. The van der Waals surface area contributed by atoms with Crippen LogP contribution >= 0.6 is 0 Å². The molecule has 0 heterocycles. The third kappa shape index (κ3) is 7.18. The van der Waals surface area contributed by atoms with Crippen LogP contribution in [0.4, 0.5) is 0 Å². The zero-order valence-corrected chi connectivity index (χ0v) is 16.0. The van der Waals surface area contributed by atoms with Crippen LogP contribution in [0.1, 0.15) is 44.1 Å². The quantitative estimate of drug-likeness (QED) is 0.245. The summed E-state index contributed by atoms with van der Waals surface area (Å²) in [6, 6.07) is 9.83. The number of benzene rings is 1. The average Bonchev–Trinajstić information content (AvgIpc) is 2.94. The molecule has 1 aliphatic rings. The van der Waals surface area contributed by atoms with Gasteiger partial charge in [-0.25, -0.2) is 0 Å². The van der Waals surface area contributed by atoms with E-state index in [2.05, 4.69) is 5.73 Å². The molecule has 1 aromatic rings. The van der Waals surface area contributed by atoms with Crippen LogP contribution in [0.3, 0.4) is 0 Å². The third-order valence-electron chi connectivity index (χ3n) is 4.99. The molecule has 0 bridgehead atoms. The van der Waals surface area contributed by atoms with Gasteiger partial charge in [0.05, 0.1) is 6.10 Å². The zero-order valence-electron chi connectivity index (χ0n) is 16.0. The Labute approximate surface area is 165 Å². The van der Waals surface area contributed by atoms with Gasteiger partial charge in [-0.3, -0.25) is 9.59 Å². The van der Waals surface area contributed by atoms with E-state index in [-0.39, 0.29) is 36.2 Å². The lowest BCUT2D eigenvalue weighted by molar-refractivity contribution is -0.137. The Bertz CT molecular complexity index is 744. The summed E-state index contributed by atoms with van der Waals surface area (Å²) in [5.41, 5.74) is 3.97. The van der Waals surface area contributed by atoms with Crippen molar-refractivity contribution in [2.24, 2.45) is 11.8 Å². The van der Waals surface area contributed by atoms with Gasteiger partial charge in [0.1, 0.15) is 11.5 Å². The number of carbonyl (C=O) groups excluding carboxylic acids is 1. The fraction of sp³-hybridized carbons (Fsp3) is 0.435. The first-order chi connectivity index (χ1) is 13.5. The molecule has 28 heavy (non-hydrogen) atoms. The molecule has 0 aliphatic heterocycles. The van der Waals surface area contributed by atoms with Gasteiger partial charge >= 0.3 is 5.97 Å². The maximum atomic E-state index is 12.2. The van der Waals surface area contributed by atoms with Gasteiger partial charge in [0.25, 0.3) is 0 Å². The first-order valence-electron chi connectivity index (χ1n) is 9.73. The number of hydrogen-bond donors (Lipinski definition) is 3. The topological polar surface area (TPSA) is 94.8 Å². The summed E-state index contributed by atoms with van der Waals surface area (Å²) in [5.74, 6) is -1.39. The standard InChI is InChI=1S/C23H28O5/c24-18(13-12-17-8-4-3-5-9-17)14-15-20-19(21(25)16-22(20)26)10-6-1-2-7-11-23(27)28/h1,3-6,8-9,15,19-20,22,24,26H,2,7,10-13,16H2,(H,27,28)/t14?,19-,20+,22?/m0/s1. The van der Waals surface area contributed by atoms with Crippen molar-refractivity contribution in [3.05, 3.63) is 65.6 Å². The summed E-state index contributed by atoms with van der Waals surface area (Å²) in [6.07, 6.45) is 7.73. The van der Waals surface area contributed by atoms with Crippen LogP contribution in [0.2, 0.25) is 0 Å². The molecule has 1 aliphatic carbocycles. The van der Waals surface area contributed by atoms with Gasteiger partial charge in [-0.1, -0.05) is 48.2 Å². The molecule has 1 fully saturated rings. The lowest BCUT2D eigenvalue weighted by Crippen LogP contribution is -2.17. The minimum absolute atomic E-state index is 0.00881. The van der Waals surface area contributed by atoms with Crippen LogP contribution in [-0.4, -0.2) is 33.2 Å². The Morgan fingerprint density at radius 3 is 2.61 bits per heavy atom. The van der Waals surface area contributed by atoms with Crippen molar-refractivity contribution >= 4 is 11.8 Å². The highest BCUT2D eigenvalue weighted by Gasteiger charge is 2.39. The fourth-order valence-electron chi connectivity index (χ4n) is 3.40. The van der Waals surface area contributed by atoms with Gasteiger partial charge in [0, 0.05) is 31.1 Å². The number of Topliss-reactive ketones (excluding diaryl/α,β-unsaturated/α-hetero) is 1.